The van der Waals surface area contributed by atoms with Gasteiger partial charge >= 0.3 is 6.18 Å². The largest absolute Gasteiger partial charge is 0.507 e. The monoisotopic (exact) mass is 331 g/mol. The minimum Gasteiger partial charge on any atom is -0.507 e. The lowest BCUT2D eigenvalue weighted by Crippen LogP contribution is -2.21. The molecule has 0 unspecified atom stereocenters. The maximum Gasteiger partial charge on any atom is 0.389 e. The van der Waals surface area contributed by atoms with Gasteiger partial charge in [-0.15, -0.1) is 0 Å². The SMILES string of the molecule is CC(C)(C)c1cc([C@@H](N)CCC(F)(F)F)cc(C(C)(C)C)c1O. The van der Waals surface area contributed by atoms with E-state index in [1.807, 2.05) is 41.5 Å². The fourth-order valence-corrected chi connectivity index (χ4v) is 2.50. The molecule has 0 saturated heterocycles. The van der Waals surface area contributed by atoms with Crippen LogP contribution in [-0.2, 0) is 10.8 Å². The summed E-state index contributed by atoms with van der Waals surface area (Å²) in [5.41, 5.74) is 7.40. The lowest BCUT2D eigenvalue weighted by molar-refractivity contribution is -0.136. The van der Waals surface area contributed by atoms with Crippen molar-refractivity contribution in [3.05, 3.63) is 28.8 Å². The van der Waals surface area contributed by atoms with E-state index in [9.17, 15) is 18.3 Å². The van der Waals surface area contributed by atoms with Crippen molar-refractivity contribution in [1.82, 2.24) is 0 Å². The van der Waals surface area contributed by atoms with Gasteiger partial charge in [-0.2, -0.15) is 13.2 Å². The van der Waals surface area contributed by atoms with E-state index in [4.69, 9.17) is 5.73 Å². The number of hydrogen-bond acceptors (Lipinski definition) is 2. The van der Waals surface area contributed by atoms with Gasteiger partial charge in [-0.1, -0.05) is 53.7 Å². The van der Waals surface area contributed by atoms with E-state index in [0.717, 1.165) is 0 Å². The third kappa shape index (κ3) is 5.41. The summed E-state index contributed by atoms with van der Waals surface area (Å²) < 4.78 is 37.3. The van der Waals surface area contributed by atoms with Crippen LogP contribution in [0, 0.1) is 0 Å². The zero-order valence-corrected chi connectivity index (χ0v) is 14.8. The van der Waals surface area contributed by atoms with Crippen molar-refractivity contribution in [2.24, 2.45) is 5.73 Å². The Kier molecular flexibility index (Phi) is 5.47. The highest BCUT2D eigenvalue weighted by atomic mass is 19.4. The molecule has 0 amide bonds. The standard InChI is InChI=1S/C18H28F3NO/c1-16(2,3)12-9-11(14(22)7-8-18(19,20)21)10-13(15(12)23)17(4,5)6/h9-10,14,23H,7-8,22H2,1-6H3/t14-/m0/s1. The first-order chi connectivity index (χ1) is 10.1. The molecule has 5 heteroatoms. The van der Waals surface area contributed by atoms with Gasteiger partial charge in [-0.25, -0.2) is 0 Å². The molecule has 0 aliphatic rings. The maximum atomic E-state index is 12.4. The molecule has 1 atom stereocenters. The molecule has 0 bridgehead atoms. The van der Waals surface area contributed by atoms with E-state index >= 15 is 0 Å². The van der Waals surface area contributed by atoms with E-state index < -0.39 is 18.6 Å². The van der Waals surface area contributed by atoms with Crippen molar-refractivity contribution in [2.75, 3.05) is 0 Å². The number of alkyl halides is 3. The second-order valence-corrected chi connectivity index (χ2v) is 8.22. The van der Waals surface area contributed by atoms with Gasteiger partial charge in [0.05, 0.1) is 0 Å². The van der Waals surface area contributed by atoms with Crippen LogP contribution in [0.1, 0.15) is 77.1 Å². The molecule has 1 aromatic carbocycles. The fraction of sp³-hybridized carbons (Fsp3) is 0.667. The highest BCUT2D eigenvalue weighted by Gasteiger charge is 2.30. The number of phenolic OH excluding ortho intramolecular Hbond substituents is 1. The Morgan fingerprint density at radius 2 is 1.35 bits per heavy atom. The zero-order valence-electron chi connectivity index (χ0n) is 14.8. The van der Waals surface area contributed by atoms with Crippen LogP contribution in [0.25, 0.3) is 0 Å². The van der Waals surface area contributed by atoms with E-state index in [1.165, 1.54) is 0 Å². The van der Waals surface area contributed by atoms with E-state index in [1.54, 1.807) is 12.1 Å². The average Bonchev–Trinajstić information content (AvgIpc) is 2.32. The summed E-state index contributed by atoms with van der Waals surface area (Å²) in [6.45, 7) is 11.7. The molecule has 0 saturated carbocycles. The summed E-state index contributed by atoms with van der Waals surface area (Å²) in [7, 11) is 0. The molecule has 1 aromatic rings. The molecule has 0 radical (unpaired) electrons. The average molecular weight is 331 g/mol. The molecule has 2 nitrogen and oxygen atoms in total. The Morgan fingerprint density at radius 3 is 1.65 bits per heavy atom. The lowest BCUT2D eigenvalue weighted by Gasteiger charge is -2.29. The van der Waals surface area contributed by atoms with Crippen molar-refractivity contribution < 1.29 is 18.3 Å². The number of rotatable bonds is 3. The van der Waals surface area contributed by atoms with E-state index in [-0.39, 0.29) is 23.0 Å². The molecule has 0 spiro atoms. The number of hydrogen-bond donors (Lipinski definition) is 2. The van der Waals surface area contributed by atoms with Crippen LogP contribution in [0.2, 0.25) is 0 Å². The van der Waals surface area contributed by atoms with Gasteiger partial charge in [-0.3, -0.25) is 0 Å². The number of phenols is 1. The Balaban J connectivity index is 3.33. The summed E-state index contributed by atoms with van der Waals surface area (Å²) in [5.74, 6) is 0.205. The van der Waals surface area contributed by atoms with Crippen LogP contribution < -0.4 is 5.73 Å². The van der Waals surface area contributed by atoms with Gasteiger partial charge in [0.1, 0.15) is 5.75 Å². The minimum atomic E-state index is -4.21. The number of aromatic hydroxyl groups is 1. The Morgan fingerprint density at radius 1 is 0.957 bits per heavy atom. The van der Waals surface area contributed by atoms with Gasteiger partial charge in [-0.05, 0) is 33.9 Å². The Bertz CT molecular complexity index is 516. The fourth-order valence-electron chi connectivity index (χ4n) is 2.50. The quantitative estimate of drug-likeness (QED) is 0.786. The van der Waals surface area contributed by atoms with Crippen LogP contribution >= 0.6 is 0 Å². The molecule has 0 aliphatic carbocycles. The zero-order chi connectivity index (χ0) is 18.2. The van der Waals surface area contributed by atoms with Crippen LogP contribution in [0.3, 0.4) is 0 Å². The van der Waals surface area contributed by atoms with Crippen molar-refractivity contribution in [3.63, 3.8) is 0 Å². The first kappa shape index (κ1) is 19.8. The van der Waals surface area contributed by atoms with Gasteiger partial charge in [0.25, 0.3) is 0 Å². The van der Waals surface area contributed by atoms with Crippen LogP contribution in [0.5, 0.6) is 5.75 Å². The smallest absolute Gasteiger partial charge is 0.389 e. The highest BCUT2D eigenvalue weighted by molar-refractivity contribution is 5.50. The van der Waals surface area contributed by atoms with Gasteiger partial charge in [0.15, 0.2) is 0 Å². The highest BCUT2D eigenvalue weighted by Crippen LogP contribution is 2.41. The summed E-state index contributed by atoms with van der Waals surface area (Å²) in [6.07, 6.45) is -5.29. The van der Waals surface area contributed by atoms with Gasteiger partial charge in [0, 0.05) is 12.5 Å². The first-order valence-corrected chi connectivity index (χ1v) is 7.83. The van der Waals surface area contributed by atoms with Crippen LogP contribution in [-0.4, -0.2) is 11.3 Å². The van der Waals surface area contributed by atoms with E-state index in [0.29, 0.717) is 16.7 Å². The second-order valence-electron chi connectivity index (χ2n) is 8.22. The second kappa shape index (κ2) is 6.34. The Hall–Kier alpha value is -1.23. The van der Waals surface area contributed by atoms with Crippen LogP contribution in [0.4, 0.5) is 13.2 Å². The third-order valence-corrected chi connectivity index (χ3v) is 3.92. The van der Waals surface area contributed by atoms with Crippen molar-refractivity contribution >= 4 is 0 Å². The number of halogens is 3. The molecule has 0 aromatic heterocycles. The summed E-state index contributed by atoms with van der Waals surface area (Å²) in [4.78, 5) is 0. The molecular formula is C18H28F3NO. The Labute approximate surface area is 136 Å². The predicted molar refractivity (Wildman–Crippen MR) is 87.7 cm³/mol. The molecule has 0 fully saturated rings. The molecular weight excluding hydrogens is 303 g/mol. The van der Waals surface area contributed by atoms with Crippen LogP contribution in [0.15, 0.2) is 12.1 Å². The number of benzene rings is 1. The van der Waals surface area contributed by atoms with Crippen molar-refractivity contribution in [3.8, 4) is 5.75 Å². The molecule has 0 aliphatic heterocycles. The summed E-state index contributed by atoms with van der Waals surface area (Å²) in [5, 5.41) is 10.6. The lowest BCUT2D eigenvalue weighted by atomic mass is 9.77. The van der Waals surface area contributed by atoms with Gasteiger partial charge < -0.3 is 10.8 Å². The normalized spacial score (nSPS) is 14.9. The topological polar surface area (TPSA) is 46.2 Å². The molecule has 0 heterocycles. The predicted octanol–water partition coefficient (Wildman–Crippen LogP) is 5.33. The first-order valence-electron chi connectivity index (χ1n) is 7.83. The molecule has 23 heavy (non-hydrogen) atoms. The summed E-state index contributed by atoms with van der Waals surface area (Å²) in [6, 6.07) is 2.77. The third-order valence-electron chi connectivity index (χ3n) is 3.92. The molecule has 1 rings (SSSR count). The van der Waals surface area contributed by atoms with E-state index in [2.05, 4.69) is 0 Å². The van der Waals surface area contributed by atoms with Gasteiger partial charge in [0.2, 0.25) is 0 Å². The van der Waals surface area contributed by atoms with Crippen molar-refractivity contribution in [1.29, 1.82) is 0 Å². The summed E-state index contributed by atoms with van der Waals surface area (Å²) >= 11 is 0. The minimum absolute atomic E-state index is 0.165. The molecule has 3 N–H and O–H groups in total. The molecule has 132 valence electrons. The van der Waals surface area contributed by atoms with Crippen molar-refractivity contribution in [2.45, 2.75) is 77.4 Å². The maximum absolute atomic E-state index is 12.4. The number of nitrogens with two attached hydrogens (primary N) is 1.